The maximum atomic E-state index is 8.96. The summed E-state index contributed by atoms with van der Waals surface area (Å²) in [6, 6.07) is 19.7. The molecule has 0 unspecified atom stereocenters. The van der Waals surface area contributed by atoms with Crippen molar-refractivity contribution in [1.82, 2.24) is 15.0 Å². The Morgan fingerprint density at radius 2 is 1.96 bits per heavy atom. The highest BCUT2D eigenvalue weighted by atomic mass is 16.5. The van der Waals surface area contributed by atoms with E-state index in [-0.39, 0.29) is 0 Å². The molecule has 0 saturated carbocycles. The highest BCUT2D eigenvalue weighted by Gasteiger charge is 2.09. The molecule has 0 bridgehead atoms. The minimum atomic E-state index is 0.636. The van der Waals surface area contributed by atoms with Gasteiger partial charge in [0.15, 0.2) is 0 Å². The average molecular weight is 332 g/mol. The van der Waals surface area contributed by atoms with Crippen LogP contribution in [0.15, 0.2) is 59.1 Å². The fraction of sp³-hybridized carbons (Fsp3) is 0.250. The van der Waals surface area contributed by atoms with Crippen molar-refractivity contribution in [1.29, 1.82) is 5.26 Å². The number of benzene rings is 2. The first kappa shape index (κ1) is 16.9. The van der Waals surface area contributed by atoms with Crippen molar-refractivity contribution < 1.29 is 4.52 Å². The monoisotopic (exact) mass is 332 g/mol. The lowest BCUT2D eigenvalue weighted by Gasteiger charge is -2.16. The predicted molar refractivity (Wildman–Crippen MR) is 95.5 cm³/mol. The van der Waals surface area contributed by atoms with E-state index in [1.54, 1.807) is 0 Å². The minimum Gasteiger partial charge on any atom is -0.339 e. The van der Waals surface area contributed by atoms with E-state index in [0.717, 1.165) is 37.1 Å². The summed E-state index contributed by atoms with van der Waals surface area (Å²) in [4.78, 5) is 6.68. The summed E-state index contributed by atoms with van der Waals surface area (Å²) in [5.41, 5.74) is 2.81. The van der Waals surface area contributed by atoms with Crippen LogP contribution in [0.5, 0.6) is 0 Å². The molecule has 1 heterocycles. The number of aromatic nitrogens is 2. The average Bonchev–Trinajstić information content (AvgIpc) is 3.11. The van der Waals surface area contributed by atoms with Crippen LogP contribution in [0.25, 0.3) is 11.4 Å². The van der Waals surface area contributed by atoms with E-state index in [4.69, 9.17) is 9.78 Å². The molecule has 0 aliphatic heterocycles. The van der Waals surface area contributed by atoms with Gasteiger partial charge in [-0.1, -0.05) is 47.6 Å². The number of rotatable bonds is 7. The number of hydrogen-bond donors (Lipinski definition) is 0. The Morgan fingerprint density at radius 1 is 1.12 bits per heavy atom. The fourth-order valence-corrected chi connectivity index (χ4v) is 2.69. The van der Waals surface area contributed by atoms with Crippen molar-refractivity contribution >= 4 is 0 Å². The lowest BCUT2D eigenvalue weighted by atomic mass is 10.1. The molecule has 2 aromatic carbocycles. The summed E-state index contributed by atoms with van der Waals surface area (Å²) in [5.74, 6) is 1.30. The zero-order chi connectivity index (χ0) is 17.5. The third-order valence-electron chi connectivity index (χ3n) is 3.94. The van der Waals surface area contributed by atoms with Gasteiger partial charge in [-0.2, -0.15) is 10.2 Å². The van der Waals surface area contributed by atoms with E-state index < -0.39 is 0 Å². The second-order valence-corrected chi connectivity index (χ2v) is 6.03. The van der Waals surface area contributed by atoms with E-state index in [2.05, 4.69) is 28.2 Å². The molecule has 0 fully saturated rings. The van der Waals surface area contributed by atoms with Crippen molar-refractivity contribution in [2.45, 2.75) is 19.4 Å². The number of nitriles is 1. The van der Waals surface area contributed by atoms with Crippen molar-refractivity contribution in [3.63, 3.8) is 0 Å². The lowest BCUT2D eigenvalue weighted by molar-refractivity contribution is 0.310. The van der Waals surface area contributed by atoms with Crippen LogP contribution in [-0.4, -0.2) is 28.6 Å². The van der Waals surface area contributed by atoms with Gasteiger partial charge in [0.25, 0.3) is 0 Å². The van der Waals surface area contributed by atoms with Gasteiger partial charge >= 0.3 is 0 Å². The molecule has 0 aliphatic carbocycles. The Hall–Kier alpha value is -2.97. The summed E-state index contributed by atoms with van der Waals surface area (Å²) in [5, 5.41) is 13.0. The van der Waals surface area contributed by atoms with Crippen LogP contribution in [0.4, 0.5) is 0 Å². The molecule has 0 atom stereocenters. The second-order valence-electron chi connectivity index (χ2n) is 6.03. The van der Waals surface area contributed by atoms with E-state index in [9.17, 15) is 0 Å². The molecule has 0 spiro atoms. The molecule has 3 rings (SSSR count). The van der Waals surface area contributed by atoms with E-state index in [1.165, 1.54) is 0 Å². The molecule has 25 heavy (non-hydrogen) atoms. The smallest absolute Gasteiger partial charge is 0.227 e. The maximum absolute atomic E-state index is 8.96. The quantitative estimate of drug-likeness (QED) is 0.660. The summed E-state index contributed by atoms with van der Waals surface area (Å²) in [7, 11) is 2.07. The molecule has 5 heteroatoms. The Kier molecular flexibility index (Phi) is 5.55. The first-order chi connectivity index (χ1) is 12.2. The maximum Gasteiger partial charge on any atom is 0.227 e. The SMILES string of the molecule is CN(CCCc1nc(-c2ccccc2)no1)Cc1cccc(C#N)c1. The van der Waals surface area contributed by atoms with Gasteiger partial charge in [0, 0.05) is 18.5 Å². The van der Waals surface area contributed by atoms with Gasteiger partial charge in [-0.3, -0.25) is 0 Å². The zero-order valence-corrected chi connectivity index (χ0v) is 14.2. The van der Waals surface area contributed by atoms with Crippen LogP contribution in [0.1, 0.15) is 23.4 Å². The Bertz CT molecular complexity index is 851. The molecule has 5 nitrogen and oxygen atoms in total. The van der Waals surface area contributed by atoms with Gasteiger partial charge < -0.3 is 9.42 Å². The van der Waals surface area contributed by atoms with Gasteiger partial charge in [-0.15, -0.1) is 0 Å². The third kappa shape index (κ3) is 4.75. The van der Waals surface area contributed by atoms with Crippen molar-refractivity contribution in [2.24, 2.45) is 0 Å². The summed E-state index contributed by atoms with van der Waals surface area (Å²) >= 11 is 0. The van der Waals surface area contributed by atoms with Gasteiger partial charge in [0.2, 0.25) is 11.7 Å². The fourth-order valence-electron chi connectivity index (χ4n) is 2.69. The molecule has 0 amide bonds. The van der Waals surface area contributed by atoms with Gasteiger partial charge in [0.05, 0.1) is 11.6 Å². The van der Waals surface area contributed by atoms with Crippen LogP contribution in [0.3, 0.4) is 0 Å². The second kappa shape index (κ2) is 8.22. The van der Waals surface area contributed by atoms with Crippen LogP contribution in [-0.2, 0) is 13.0 Å². The van der Waals surface area contributed by atoms with E-state index >= 15 is 0 Å². The Morgan fingerprint density at radius 3 is 2.76 bits per heavy atom. The Labute approximate surface area is 147 Å². The van der Waals surface area contributed by atoms with Crippen molar-refractivity contribution in [2.75, 3.05) is 13.6 Å². The van der Waals surface area contributed by atoms with Crippen LogP contribution in [0.2, 0.25) is 0 Å². The molecule has 0 aliphatic rings. The molecule has 1 aromatic heterocycles. The van der Waals surface area contributed by atoms with Crippen molar-refractivity contribution in [3.05, 3.63) is 71.6 Å². The van der Waals surface area contributed by atoms with Gasteiger partial charge in [-0.25, -0.2) is 0 Å². The summed E-state index contributed by atoms with van der Waals surface area (Å²) in [6.07, 6.45) is 1.69. The topological polar surface area (TPSA) is 66.0 Å². The molecule has 0 N–H and O–H groups in total. The zero-order valence-electron chi connectivity index (χ0n) is 14.2. The standard InChI is InChI=1S/C20H20N4O/c1-24(15-17-8-5-7-16(13-17)14-21)12-6-11-19-22-20(23-25-19)18-9-3-2-4-10-18/h2-5,7-10,13H,6,11-12,15H2,1H3. The molecular weight excluding hydrogens is 312 g/mol. The number of hydrogen-bond acceptors (Lipinski definition) is 5. The lowest BCUT2D eigenvalue weighted by Crippen LogP contribution is -2.19. The van der Waals surface area contributed by atoms with Gasteiger partial charge in [-0.05, 0) is 37.7 Å². The number of nitrogens with zero attached hydrogens (tertiary/aromatic N) is 4. The highest BCUT2D eigenvalue weighted by Crippen LogP contribution is 2.15. The van der Waals surface area contributed by atoms with Crippen LogP contribution in [0, 0.1) is 11.3 Å². The first-order valence-corrected chi connectivity index (χ1v) is 8.30. The van der Waals surface area contributed by atoms with E-state index in [1.807, 2.05) is 54.6 Å². The summed E-state index contributed by atoms with van der Waals surface area (Å²) in [6.45, 7) is 1.73. The van der Waals surface area contributed by atoms with E-state index in [0.29, 0.717) is 17.3 Å². The molecule has 0 radical (unpaired) electrons. The van der Waals surface area contributed by atoms with Crippen LogP contribution < -0.4 is 0 Å². The normalized spacial score (nSPS) is 10.8. The van der Waals surface area contributed by atoms with Gasteiger partial charge in [0.1, 0.15) is 0 Å². The third-order valence-corrected chi connectivity index (χ3v) is 3.94. The summed E-state index contributed by atoms with van der Waals surface area (Å²) < 4.78 is 5.33. The highest BCUT2D eigenvalue weighted by molar-refractivity contribution is 5.53. The van der Waals surface area contributed by atoms with Crippen LogP contribution >= 0.6 is 0 Å². The molecule has 0 saturated heterocycles. The predicted octanol–water partition coefficient (Wildman–Crippen LogP) is 3.67. The molecular formula is C20H20N4O. The minimum absolute atomic E-state index is 0.636. The first-order valence-electron chi connectivity index (χ1n) is 8.30. The molecule has 3 aromatic rings. The Balaban J connectivity index is 1.48. The van der Waals surface area contributed by atoms with Crippen molar-refractivity contribution in [3.8, 4) is 17.5 Å². The number of aryl methyl sites for hydroxylation is 1. The molecule has 126 valence electrons. The largest absolute Gasteiger partial charge is 0.339 e.